The van der Waals surface area contributed by atoms with E-state index in [0.29, 0.717) is 19.5 Å². The molecule has 0 aromatic heterocycles. The zero-order chi connectivity index (χ0) is 18.7. The van der Waals surface area contributed by atoms with E-state index in [0.717, 1.165) is 24.3 Å². The topological polar surface area (TPSA) is 111 Å². The van der Waals surface area contributed by atoms with Gasteiger partial charge in [-0.05, 0) is 37.2 Å². The first-order valence-corrected chi connectivity index (χ1v) is 9.06. The predicted octanol–water partition coefficient (Wildman–Crippen LogP) is 1.06. The standard InChI is InChI=1S/C14H18F3N3O4S/c15-14(16,17)10-1-3-11(4-2-10)24-12(9-5-6-19-7-9)8-25(22,23)20-13(18)21/h1-4,9,12,19H,5-8H2,(H3,18,20,21)/t9-,12-/m0/s1. The van der Waals surface area contributed by atoms with Gasteiger partial charge in [0.2, 0.25) is 10.0 Å². The van der Waals surface area contributed by atoms with Gasteiger partial charge >= 0.3 is 12.2 Å². The average molecular weight is 381 g/mol. The van der Waals surface area contributed by atoms with E-state index in [1.54, 1.807) is 4.72 Å². The van der Waals surface area contributed by atoms with Crippen molar-refractivity contribution in [2.75, 3.05) is 18.8 Å². The summed E-state index contributed by atoms with van der Waals surface area (Å²) in [5, 5.41) is 3.06. The number of nitrogens with two attached hydrogens (primary N) is 1. The number of amides is 2. The fourth-order valence-electron chi connectivity index (χ4n) is 2.57. The van der Waals surface area contributed by atoms with Crippen LogP contribution in [0, 0.1) is 5.92 Å². The smallest absolute Gasteiger partial charge is 0.416 e. The Balaban J connectivity index is 2.14. The van der Waals surface area contributed by atoms with Crippen LogP contribution < -0.4 is 20.5 Å². The highest BCUT2D eigenvalue weighted by atomic mass is 32.2. The Hall–Kier alpha value is -2.01. The van der Waals surface area contributed by atoms with Gasteiger partial charge in [-0.3, -0.25) is 0 Å². The maximum absolute atomic E-state index is 12.6. The highest BCUT2D eigenvalue weighted by Crippen LogP contribution is 2.31. The zero-order valence-corrected chi connectivity index (χ0v) is 13.9. The van der Waals surface area contributed by atoms with Crippen LogP contribution in [-0.2, 0) is 16.2 Å². The van der Waals surface area contributed by atoms with Gasteiger partial charge in [0.25, 0.3) is 0 Å². The number of halogens is 3. The fraction of sp³-hybridized carbons (Fsp3) is 0.500. The van der Waals surface area contributed by atoms with Gasteiger partial charge in [0.1, 0.15) is 17.6 Å². The third kappa shape index (κ3) is 5.78. The normalized spacial score (nSPS) is 19.4. The van der Waals surface area contributed by atoms with Gasteiger partial charge in [0.15, 0.2) is 0 Å². The van der Waals surface area contributed by atoms with Crippen molar-refractivity contribution in [3.63, 3.8) is 0 Å². The summed E-state index contributed by atoms with van der Waals surface area (Å²) < 4.78 is 68.9. The Kier molecular flexibility index (Phi) is 5.78. The molecule has 140 valence electrons. The van der Waals surface area contributed by atoms with Crippen molar-refractivity contribution < 1.29 is 31.1 Å². The molecule has 2 amide bonds. The summed E-state index contributed by atoms with van der Waals surface area (Å²) in [5.74, 6) is -0.602. The molecule has 0 saturated carbocycles. The molecule has 1 aromatic carbocycles. The van der Waals surface area contributed by atoms with Crippen molar-refractivity contribution in [3.05, 3.63) is 29.8 Å². The Bertz CT molecular complexity index is 701. The van der Waals surface area contributed by atoms with Crippen molar-refractivity contribution in [3.8, 4) is 5.75 Å². The minimum absolute atomic E-state index is 0.110. The number of alkyl halides is 3. The molecular formula is C14H18F3N3O4S. The lowest BCUT2D eigenvalue weighted by molar-refractivity contribution is -0.137. The molecule has 1 aliphatic heterocycles. The first kappa shape index (κ1) is 19.3. The highest BCUT2D eigenvalue weighted by Gasteiger charge is 2.33. The van der Waals surface area contributed by atoms with E-state index in [-0.39, 0.29) is 11.7 Å². The van der Waals surface area contributed by atoms with Crippen LogP contribution in [0.4, 0.5) is 18.0 Å². The van der Waals surface area contributed by atoms with E-state index < -0.39 is 39.7 Å². The van der Waals surface area contributed by atoms with E-state index in [9.17, 15) is 26.4 Å². The van der Waals surface area contributed by atoms with Crippen LogP contribution in [0.25, 0.3) is 0 Å². The van der Waals surface area contributed by atoms with Crippen LogP contribution in [0.1, 0.15) is 12.0 Å². The Morgan fingerprint density at radius 2 is 2.00 bits per heavy atom. The lowest BCUT2D eigenvalue weighted by atomic mass is 10.0. The van der Waals surface area contributed by atoms with Gasteiger partial charge < -0.3 is 15.8 Å². The number of hydrogen-bond acceptors (Lipinski definition) is 5. The van der Waals surface area contributed by atoms with E-state index >= 15 is 0 Å². The molecule has 11 heteroatoms. The number of carbonyl (C=O) groups is 1. The van der Waals surface area contributed by atoms with Crippen molar-refractivity contribution in [2.24, 2.45) is 11.7 Å². The number of nitrogens with one attached hydrogen (secondary N) is 2. The Morgan fingerprint density at radius 1 is 1.36 bits per heavy atom. The third-order valence-corrected chi connectivity index (χ3v) is 5.01. The quantitative estimate of drug-likeness (QED) is 0.683. The van der Waals surface area contributed by atoms with Gasteiger partial charge in [-0.25, -0.2) is 17.9 Å². The average Bonchev–Trinajstić information content (AvgIpc) is 2.98. The number of ether oxygens (including phenoxy) is 1. The molecule has 1 saturated heterocycles. The summed E-state index contributed by atoms with van der Waals surface area (Å²) in [6, 6.07) is 2.77. The first-order valence-electron chi connectivity index (χ1n) is 7.41. The van der Waals surface area contributed by atoms with Gasteiger partial charge in [0.05, 0.1) is 5.56 Å². The van der Waals surface area contributed by atoms with Crippen LogP contribution in [-0.4, -0.2) is 39.4 Å². The van der Waals surface area contributed by atoms with Gasteiger partial charge in [-0.2, -0.15) is 13.2 Å². The minimum Gasteiger partial charge on any atom is -0.489 e. The molecule has 1 fully saturated rings. The van der Waals surface area contributed by atoms with Gasteiger partial charge in [-0.15, -0.1) is 0 Å². The summed E-state index contributed by atoms with van der Waals surface area (Å²) >= 11 is 0. The SMILES string of the molecule is NC(=O)NS(=O)(=O)C[C@H](Oc1ccc(C(F)(F)F)cc1)[C@H]1CCNC1. The molecule has 1 aromatic rings. The molecule has 0 spiro atoms. The van der Waals surface area contributed by atoms with Gasteiger partial charge in [0, 0.05) is 12.5 Å². The lowest BCUT2D eigenvalue weighted by Gasteiger charge is -2.24. The molecule has 4 N–H and O–H groups in total. The number of urea groups is 1. The molecule has 1 aliphatic rings. The van der Waals surface area contributed by atoms with Crippen molar-refractivity contribution in [1.29, 1.82) is 0 Å². The van der Waals surface area contributed by atoms with Crippen LogP contribution >= 0.6 is 0 Å². The Labute approximate surface area is 142 Å². The number of rotatable bonds is 6. The van der Waals surface area contributed by atoms with Crippen LogP contribution in [0.2, 0.25) is 0 Å². The van der Waals surface area contributed by atoms with Crippen LogP contribution in [0.15, 0.2) is 24.3 Å². The number of hydrogen-bond donors (Lipinski definition) is 3. The van der Waals surface area contributed by atoms with E-state index in [1.165, 1.54) is 0 Å². The molecule has 0 bridgehead atoms. The second kappa shape index (κ2) is 7.48. The van der Waals surface area contributed by atoms with E-state index in [1.807, 2.05) is 0 Å². The minimum atomic E-state index is -4.47. The molecule has 0 radical (unpaired) electrons. The largest absolute Gasteiger partial charge is 0.489 e. The summed E-state index contributed by atoms with van der Waals surface area (Å²) in [6.45, 7) is 1.16. The lowest BCUT2D eigenvalue weighted by Crippen LogP contribution is -2.43. The summed E-state index contributed by atoms with van der Waals surface area (Å²) in [4.78, 5) is 10.8. The molecule has 25 heavy (non-hydrogen) atoms. The predicted molar refractivity (Wildman–Crippen MR) is 83.3 cm³/mol. The number of carbonyl (C=O) groups excluding carboxylic acids is 1. The van der Waals surface area contributed by atoms with Crippen LogP contribution in [0.3, 0.4) is 0 Å². The number of primary amides is 1. The molecule has 0 aliphatic carbocycles. The van der Waals surface area contributed by atoms with Crippen molar-refractivity contribution in [1.82, 2.24) is 10.0 Å². The molecular weight excluding hydrogens is 363 g/mol. The number of sulfonamides is 1. The molecule has 1 heterocycles. The maximum Gasteiger partial charge on any atom is 0.416 e. The van der Waals surface area contributed by atoms with Crippen molar-refractivity contribution in [2.45, 2.75) is 18.7 Å². The Morgan fingerprint density at radius 3 is 2.48 bits per heavy atom. The van der Waals surface area contributed by atoms with Crippen LogP contribution in [0.5, 0.6) is 5.75 Å². The third-order valence-electron chi connectivity index (χ3n) is 3.73. The van der Waals surface area contributed by atoms with E-state index in [4.69, 9.17) is 10.5 Å². The zero-order valence-electron chi connectivity index (χ0n) is 13.0. The second-order valence-electron chi connectivity index (χ2n) is 5.68. The van der Waals surface area contributed by atoms with E-state index in [2.05, 4.69) is 5.32 Å². The monoisotopic (exact) mass is 381 g/mol. The molecule has 2 rings (SSSR count). The van der Waals surface area contributed by atoms with Gasteiger partial charge in [-0.1, -0.05) is 0 Å². The first-order chi connectivity index (χ1) is 11.6. The molecule has 0 unspecified atom stereocenters. The fourth-order valence-corrected chi connectivity index (χ4v) is 3.73. The summed E-state index contributed by atoms with van der Waals surface area (Å²) in [7, 11) is -4.03. The highest BCUT2D eigenvalue weighted by molar-refractivity contribution is 7.90. The summed E-state index contributed by atoms with van der Waals surface area (Å²) in [6.07, 6.45) is -4.68. The maximum atomic E-state index is 12.6. The summed E-state index contributed by atoms with van der Waals surface area (Å²) in [5.41, 5.74) is 4.00. The second-order valence-corrected chi connectivity index (χ2v) is 7.45. The molecule has 7 nitrogen and oxygen atoms in total. The van der Waals surface area contributed by atoms with Crippen molar-refractivity contribution >= 4 is 16.1 Å². The molecule has 2 atom stereocenters. The number of benzene rings is 1.